The van der Waals surface area contributed by atoms with Crippen LogP contribution in [0, 0.1) is 5.92 Å². The molecule has 2 heterocycles. The summed E-state index contributed by atoms with van der Waals surface area (Å²) in [6, 6.07) is 9.77. The molecule has 1 aromatic heterocycles. The highest BCUT2D eigenvalue weighted by Gasteiger charge is 2.18. The van der Waals surface area contributed by atoms with Crippen LogP contribution in [0.5, 0.6) is 0 Å². The summed E-state index contributed by atoms with van der Waals surface area (Å²) in [5.74, 6) is 1.13. The Hall–Kier alpha value is -2.27. The third kappa shape index (κ3) is 3.64. The van der Waals surface area contributed by atoms with E-state index < -0.39 is 0 Å². The molecule has 2 N–H and O–H groups in total. The smallest absolute Gasteiger partial charge is 0.224 e. The molecule has 21 heavy (non-hydrogen) atoms. The van der Waals surface area contributed by atoms with Gasteiger partial charge in [-0.25, -0.2) is 9.97 Å². The van der Waals surface area contributed by atoms with Crippen LogP contribution < -0.4 is 10.6 Å². The second kappa shape index (κ2) is 6.45. The van der Waals surface area contributed by atoms with Gasteiger partial charge < -0.3 is 10.6 Å². The van der Waals surface area contributed by atoms with Crippen LogP contribution in [0.15, 0.2) is 42.7 Å². The van der Waals surface area contributed by atoms with Crippen LogP contribution in [-0.2, 0) is 4.79 Å². The van der Waals surface area contributed by atoms with Crippen molar-refractivity contribution in [2.24, 2.45) is 5.92 Å². The number of rotatable bonds is 4. The molecule has 0 bridgehead atoms. The number of nitrogens with zero attached hydrogens (tertiary/aromatic N) is 2. The summed E-state index contributed by atoms with van der Waals surface area (Å²) in [4.78, 5) is 20.5. The third-order valence-electron chi connectivity index (χ3n) is 3.60. The average molecular weight is 282 g/mol. The SMILES string of the molecule is O=C(CC1CCNC1)Nc1cnc(-c2ccccc2)nc1. The first-order valence-corrected chi connectivity index (χ1v) is 7.19. The predicted octanol–water partition coefficient (Wildman–Crippen LogP) is 2.08. The minimum Gasteiger partial charge on any atom is -0.323 e. The summed E-state index contributed by atoms with van der Waals surface area (Å²) in [6.45, 7) is 1.93. The Balaban J connectivity index is 1.60. The number of amides is 1. The van der Waals surface area contributed by atoms with Crippen molar-refractivity contribution in [1.29, 1.82) is 0 Å². The van der Waals surface area contributed by atoms with E-state index >= 15 is 0 Å². The van der Waals surface area contributed by atoms with Gasteiger partial charge in [-0.3, -0.25) is 4.79 Å². The van der Waals surface area contributed by atoms with E-state index in [0.717, 1.165) is 25.1 Å². The van der Waals surface area contributed by atoms with Crippen molar-refractivity contribution in [3.05, 3.63) is 42.7 Å². The maximum absolute atomic E-state index is 11.9. The van der Waals surface area contributed by atoms with Crippen LogP contribution in [-0.4, -0.2) is 29.0 Å². The van der Waals surface area contributed by atoms with Crippen molar-refractivity contribution in [2.75, 3.05) is 18.4 Å². The van der Waals surface area contributed by atoms with Gasteiger partial charge in [-0.05, 0) is 25.4 Å². The largest absolute Gasteiger partial charge is 0.323 e. The molecular weight excluding hydrogens is 264 g/mol. The minimum absolute atomic E-state index is 0.0276. The fourth-order valence-electron chi connectivity index (χ4n) is 2.49. The van der Waals surface area contributed by atoms with Gasteiger partial charge in [0.25, 0.3) is 0 Å². The highest BCUT2D eigenvalue weighted by Crippen LogP contribution is 2.16. The van der Waals surface area contributed by atoms with E-state index in [2.05, 4.69) is 20.6 Å². The first-order chi connectivity index (χ1) is 10.3. The number of hydrogen-bond acceptors (Lipinski definition) is 4. The fraction of sp³-hybridized carbons (Fsp3) is 0.312. The van der Waals surface area contributed by atoms with Gasteiger partial charge in [-0.15, -0.1) is 0 Å². The van der Waals surface area contributed by atoms with Gasteiger partial charge in [0.15, 0.2) is 5.82 Å². The molecule has 108 valence electrons. The molecule has 1 aliphatic heterocycles. The fourth-order valence-corrected chi connectivity index (χ4v) is 2.49. The van der Waals surface area contributed by atoms with Gasteiger partial charge in [-0.1, -0.05) is 30.3 Å². The third-order valence-corrected chi connectivity index (χ3v) is 3.60. The number of hydrogen-bond donors (Lipinski definition) is 2. The van der Waals surface area contributed by atoms with E-state index in [0.29, 0.717) is 23.9 Å². The van der Waals surface area contributed by atoms with Gasteiger partial charge in [0.2, 0.25) is 5.91 Å². The molecule has 0 saturated carbocycles. The molecule has 1 aliphatic rings. The summed E-state index contributed by atoms with van der Waals surface area (Å²) in [6.07, 6.45) is 4.92. The lowest BCUT2D eigenvalue weighted by Crippen LogP contribution is -2.18. The Morgan fingerprint density at radius 1 is 1.24 bits per heavy atom. The maximum Gasteiger partial charge on any atom is 0.224 e. The Morgan fingerprint density at radius 3 is 2.67 bits per heavy atom. The zero-order valence-electron chi connectivity index (χ0n) is 11.7. The number of carbonyl (C=O) groups excluding carboxylic acids is 1. The summed E-state index contributed by atoms with van der Waals surface area (Å²) in [5, 5.41) is 6.12. The van der Waals surface area contributed by atoms with E-state index in [1.54, 1.807) is 12.4 Å². The first kappa shape index (κ1) is 13.7. The quantitative estimate of drug-likeness (QED) is 0.901. The van der Waals surface area contributed by atoms with Crippen molar-refractivity contribution in [3.63, 3.8) is 0 Å². The van der Waals surface area contributed by atoms with E-state index in [1.807, 2.05) is 30.3 Å². The van der Waals surface area contributed by atoms with E-state index in [9.17, 15) is 4.79 Å². The molecule has 1 aromatic carbocycles. The Morgan fingerprint density at radius 2 is 2.00 bits per heavy atom. The van der Waals surface area contributed by atoms with Crippen LogP contribution in [0.3, 0.4) is 0 Å². The Labute approximate surface area is 123 Å². The van der Waals surface area contributed by atoms with Gasteiger partial charge >= 0.3 is 0 Å². The van der Waals surface area contributed by atoms with Crippen molar-refractivity contribution < 1.29 is 4.79 Å². The van der Waals surface area contributed by atoms with E-state index in [4.69, 9.17) is 0 Å². The second-order valence-corrected chi connectivity index (χ2v) is 5.27. The van der Waals surface area contributed by atoms with Crippen molar-refractivity contribution >= 4 is 11.6 Å². The van der Waals surface area contributed by atoms with E-state index in [-0.39, 0.29) is 5.91 Å². The lowest BCUT2D eigenvalue weighted by atomic mass is 10.0. The maximum atomic E-state index is 11.9. The second-order valence-electron chi connectivity index (χ2n) is 5.27. The lowest BCUT2D eigenvalue weighted by molar-refractivity contribution is -0.116. The zero-order valence-corrected chi connectivity index (χ0v) is 11.7. The zero-order chi connectivity index (χ0) is 14.5. The molecule has 0 spiro atoms. The van der Waals surface area contributed by atoms with Crippen molar-refractivity contribution in [2.45, 2.75) is 12.8 Å². The molecule has 2 aromatic rings. The molecule has 5 heteroatoms. The normalized spacial score (nSPS) is 17.6. The van der Waals surface area contributed by atoms with Gasteiger partial charge in [0.05, 0.1) is 18.1 Å². The van der Waals surface area contributed by atoms with Crippen molar-refractivity contribution in [3.8, 4) is 11.4 Å². The summed E-state index contributed by atoms with van der Waals surface area (Å²) >= 11 is 0. The molecular formula is C16H18N4O. The summed E-state index contributed by atoms with van der Waals surface area (Å²) in [5.41, 5.74) is 1.61. The number of aromatic nitrogens is 2. The molecule has 1 amide bonds. The summed E-state index contributed by atoms with van der Waals surface area (Å²) in [7, 11) is 0. The molecule has 1 unspecified atom stereocenters. The van der Waals surface area contributed by atoms with Crippen LogP contribution >= 0.6 is 0 Å². The van der Waals surface area contributed by atoms with Gasteiger partial charge in [0, 0.05) is 12.0 Å². The van der Waals surface area contributed by atoms with Crippen LogP contribution in [0.2, 0.25) is 0 Å². The molecule has 5 nitrogen and oxygen atoms in total. The Kier molecular flexibility index (Phi) is 4.21. The Bertz CT molecular complexity index is 591. The van der Waals surface area contributed by atoms with Crippen LogP contribution in [0.4, 0.5) is 5.69 Å². The minimum atomic E-state index is 0.0276. The lowest BCUT2D eigenvalue weighted by Gasteiger charge is -2.09. The summed E-state index contributed by atoms with van der Waals surface area (Å²) < 4.78 is 0. The van der Waals surface area contributed by atoms with Gasteiger partial charge in [0.1, 0.15) is 0 Å². The van der Waals surface area contributed by atoms with Crippen LogP contribution in [0.1, 0.15) is 12.8 Å². The number of nitrogens with one attached hydrogen (secondary N) is 2. The predicted molar refractivity (Wildman–Crippen MR) is 81.7 cm³/mol. The highest BCUT2D eigenvalue weighted by molar-refractivity contribution is 5.90. The molecule has 1 fully saturated rings. The number of anilines is 1. The topological polar surface area (TPSA) is 66.9 Å². The molecule has 0 aliphatic carbocycles. The first-order valence-electron chi connectivity index (χ1n) is 7.19. The highest BCUT2D eigenvalue weighted by atomic mass is 16.1. The van der Waals surface area contributed by atoms with E-state index in [1.165, 1.54) is 0 Å². The van der Waals surface area contributed by atoms with Crippen LogP contribution in [0.25, 0.3) is 11.4 Å². The molecule has 0 radical (unpaired) electrons. The standard InChI is InChI=1S/C16H18N4O/c21-15(8-12-6-7-17-9-12)20-14-10-18-16(19-11-14)13-4-2-1-3-5-13/h1-5,10-12,17H,6-9H2,(H,20,21). The number of carbonyl (C=O) groups is 1. The monoisotopic (exact) mass is 282 g/mol. The molecule has 1 atom stereocenters. The molecule has 3 rings (SSSR count). The van der Waals surface area contributed by atoms with Crippen molar-refractivity contribution in [1.82, 2.24) is 15.3 Å². The number of benzene rings is 1. The van der Waals surface area contributed by atoms with Gasteiger partial charge in [-0.2, -0.15) is 0 Å². The average Bonchev–Trinajstić information content (AvgIpc) is 3.02. The molecule has 1 saturated heterocycles.